The summed E-state index contributed by atoms with van der Waals surface area (Å²) >= 11 is 6.97. The summed E-state index contributed by atoms with van der Waals surface area (Å²) < 4.78 is 5.61. The number of aromatic nitrogens is 3. The van der Waals surface area contributed by atoms with Gasteiger partial charge in [0.25, 0.3) is 5.91 Å². The molecule has 1 aliphatic rings. The Balaban J connectivity index is 1.31. The van der Waals surface area contributed by atoms with Gasteiger partial charge in [-0.3, -0.25) is 24.5 Å². The molecule has 1 aliphatic heterocycles. The minimum absolute atomic E-state index is 0.0787. The number of amides is 2. The number of aliphatic hydroxyl groups excluding tert-OH is 1. The molecule has 2 amide bonds. The standard InChI is InChI=1S/C34H38ClN7O4/c1-21-25(5-4-6-27(21)40-33(45)29-10-7-22(17-38-29)20-42(2)15-16-43)32-31(35)26(13-14-37-32)28-11-8-23(34(41-28)46-3)18-36-19-24-9-12-30(44)39-24/h4-8,10-11,13-14,17,24,36,43H,9,12,15-16,18-20H2,1-3H3,(H,39,44)(H,40,45)/t24-/m0/s1. The first-order valence-corrected chi connectivity index (χ1v) is 15.5. The second-order valence-electron chi connectivity index (χ2n) is 11.3. The van der Waals surface area contributed by atoms with Gasteiger partial charge in [-0.15, -0.1) is 0 Å². The summed E-state index contributed by atoms with van der Waals surface area (Å²) in [4.78, 5) is 40.2. The molecule has 240 valence electrons. The van der Waals surface area contributed by atoms with Gasteiger partial charge in [0.2, 0.25) is 11.8 Å². The van der Waals surface area contributed by atoms with Crippen molar-refractivity contribution in [2.45, 2.75) is 38.9 Å². The highest BCUT2D eigenvalue weighted by Crippen LogP contribution is 2.38. The van der Waals surface area contributed by atoms with Crippen LogP contribution >= 0.6 is 11.6 Å². The Morgan fingerprint density at radius 3 is 2.72 bits per heavy atom. The molecule has 46 heavy (non-hydrogen) atoms. The second kappa shape index (κ2) is 15.2. The van der Waals surface area contributed by atoms with Crippen molar-refractivity contribution >= 4 is 29.1 Å². The highest BCUT2D eigenvalue weighted by Gasteiger charge is 2.21. The number of rotatable bonds is 13. The lowest BCUT2D eigenvalue weighted by molar-refractivity contribution is -0.119. The summed E-state index contributed by atoms with van der Waals surface area (Å²) in [5.41, 5.74) is 6.21. The number of hydrogen-bond donors (Lipinski definition) is 4. The molecule has 4 N–H and O–H groups in total. The number of nitrogens with zero attached hydrogens (tertiary/aromatic N) is 4. The normalized spacial score (nSPS) is 14.4. The van der Waals surface area contributed by atoms with E-state index in [1.54, 1.807) is 25.6 Å². The third kappa shape index (κ3) is 7.86. The van der Waals surface area contributed by atoms with Crippen molar-refractivity contribution < 1.29 is 19.4 Å². The maximum Gasteiger partial charge on any atom is 0.274 e. The summed E-state index contributed by atoms with van der Waals surface area (Å²) in [7, 11) is 3.49. The van der Waals surface area contributed by atoms with Gasteiger partial charge < -0.3 is 25.8 Å². The number of ether oxygens (including phenoxy) is 1. The molecule has 0 spiro atoms. The fourth-order valence-corrected chi connectivity index (χ4v) is 5.71. The number of aliphatic hydroxyl groups is 1. The maximum absolute atomic E-state index is 13.1. The predicted octanol–water partition coefficient (Wildman–Crippen LogP) is 4.22. The molecule has 1 fully saturated rings. The van der Waals surface area contributed by atoms with Gasteiger partial charge in [-0.25, -0.2) is 4.98 Å². The van der Waals surface area contributed by atoms with Gasteiger partial charge >= 0.3 is 0 Å². The van der Waals surface area contributed by atoms with Gasteiger partial charge in [-0.1, -0.05) is 35.9 Å². The number of likely N-dealkylation sites (N-methyl/N-ethyl adjacent to an activating group) is 1. The zero-order valence-corrected chi connectivity index (χ0v) is 26.9. The summed E-state index contributed by atoms with van der Waals surface area (Å²) in [6, 6.07) is 14.9. The van der Waals surface area contributed by atoms with Gasteiger partial charge in [0, 0.05) is 73.4 Å². The summed E-state index contributed by atoms with van der Waals surface area (Å²) in [6.45, 7) is 4.37. The van der Waals surface area contributed by atoms with Crippen LogP contribution < -0.4 is 20.7 Å². The molecule has 11 nitrogen and oxygen atoms in total. The molecule has 1 aromatic carbocycles. The number of carbonyl (C=O) groups is 2. The molecule has 0 bridgehead atoms. The maximum atomic E-state index is 13.1. The van der Waals surface area contributed by atoms with Crippen LogP contribution in [0, 0.1) is 6.92 Å². The number of benzene rings is 1. The molecule has 0 aliphatic carbocycles. The van der Waals surface area contributed by atoms with E-state index in [0.717, 1.165) is 28.7 Å². The molecule has 5 rings (SSSR count). The molecular formula is C34H38ClN7O4. The van der Waals surface area contributed by atoms with Crippen molar-refractivity contribution in [2.24, 2.45) is 0 Å². The fraction of sp³-hybridized carbons (Fsp3) is 0.324. The average Bonchev–Trinajstić information content (AvgIpc) is 3.47. The molecular weight excluding hydrogens is 606 g/mol. The van der Waals surface area contributed by atoms with Gasteiger partial charge in [0.05, 0.1) is 30.1 Å². The molecule has 1 atom stereocenters. The Morgan fingerprint density at radius 1 is 1.15 bits per heavy atom. The first kappa shape index (κ1) is 33.0. The molecule has 0 saturated carbocycles. The summed E-state index contributed by atoms with van der Waals surface area (Å²) in [5.74, 6) is 0.242. The Labute approximate surface area is 273 Å². The SMILES string of the molecule is COc1nc(-c2ccnc(-c3cccc(NC(=O)c4ccc(CN(C)CCO)cn4)c3C)c2Cl)ccc1CNC[C@@H]1CCC(=O)N1. The highest BCUT2D eigenvalue weighted by molar-refractivity contribution is 6.35. The zero-order valence-electron chi connectivity index (χ0n) is 26.1. The van der Waals surface area contributed by atoms with Crippen LogP contribution in [-0.4, -0.2) is 76.7 Å². The van der Waals surface area contributed by atoms with Crippen molar-refractivity contribution in [1.82, 2.24) is 30.5 Å². The van der Waals surface area contributed by atoms with Crippen LogP contribution in [0.15, 0.2) is 60.9 Å². The van der Waals surface area contributed by atoms with E-state index >= 15 is 0 Å². The Bertz CT molecular complexity index is 1700. The quantitative estimate of drug-likeness (QED) is 0.168. The third-order valence-corrected chi connectivity index (χ3v) is 8.30. The monoisotopic (exact) mass is 643 g/mol. The Kier molecular flexibility index (Phi) is 10.9. The van der Waals surface area contributed by atoms with Crippen molar-refractivity contribution in [3.8, 4) is 28.4 Å². The van der Waals surface area contributed by atoms with Crippen LogP contribution in [0.3, 0.4) is 0 Å². The first-order valence-electron chi connectivity index (χ1n) is 15.1. The predicted molar refractivity (Wildman–Crippen MR) is 178 cm³/mol. The Hall–Kier alpha value is -4.42. The molecule has 0 radical (unpaired) electrons. The molecule has 12 heteroatoms. The van der Waals surface area contributed by atoms with E-state index in [4.69, 9.17) is 26.4 Å². The summed E-state index contributed by atoms with van der Waals surface area (Å²) in [5, 5.41) is 18.8. The number of anilines is 1. The Morgan fingerprint density at radius 2 is 2.00 bits per heavy atom. The number of carbonyl (C=O) groups excluding carboxylic acids is 2. The minimum Gasteiger partial charge on any atom is -0.481 e. The fourth-order valence-electron chi connectivity index (χ4n) is 5.40. The van der Waals surface area contributed by atoms with E-state index < -0.39 is 0 Å². The largest absolute Gasteiger partial charge is 0.481 e. The van der Waals surface area contributed by atoms with Crippen molar-refractivity contribution in [1.29, 1.82) is 0 Å². The number of methoxy groups -OCH3 is 1. The third-order valence-electron chi connectivity index (χ3n) is 7.92. The molecule has 4 heterocycles. The van der Waals surface area contributed by atoms with Crippen LogP contribution in [-0.2, 0) is 17.9 Å². The van der Waals surface area contributed by atoms with Crippen LogP contribution in [0.4, 0.5) is 5.69 Å². The molecule has 4 aromatic rings. The van der Waals surface area contributed by atoms with Crippen molar-refractivity contribution in [2.75, 3.05) is 39.2 Å². The second-order valence-corrected chi connectivity index (χ2v) is 11.6. The molecule has 1 saturated heterocycles. The topological polar surface area (TPSA) is 142 Å². The van der Waals surface area contributed by atoms with E-state index in [1.807, 2.05) is 61.3 Å². The number of halogens is 1. The molecule has 3 aromatic heterocycles. The van der Waals surface area contributed by atoms with E-state index in [9.17, 15) is 9.59 Å². The number of hydrogen-bond acceptors (Lipinski definition) is 9. The van der Waals surface area contributed by atoms with Crippen LogP contribution in [0.1, 0.15) is 40.0 Å². The van der Waals surface area contributed by atoms with Gasteiger partial charge in [0.15, 0.2) is 0 Å². The van der Waals surface area contributed by atoms with Crippen molar-refractivity contribution in [3.63, 3.8) is 0 Å². The van der Waals surface area contributed by atoms with Crippen LogP contribution in [0.25, 0.3) is 22.5 Å². The average molecular weight is 644 g/mol. The highest BCUT2D eigenvalue weighted by atomic mass is 35.5. The van der Waals surface area contributed by atoms with Gasteiger partial charge in [0.1, 0.15) is 5.69 Å². The smallest absolute Gasteiger partial charge is 0.274 e. The number of pyridine rings is 3. The van der Waals surface area contributed by atoms with Crippen LogP contribution in [0.5, 0.6) is 5.88 Å². The van der Waals surface area contributed by atoms with E-state index in [2.05, 4.69) is 25.9 Å². The van der Waals surface area contributed by atoms with E-state index in [0.29, 0.717) is 71.8 Å². The van der Waals surface area contributed by atoms with Crippen LogP contribution in [0.2, 0.25) is 5.02 Å². The van der Waals surface area contributed by atoms with E-state index in [1.165, 1.54) is 0 Å². The number of nitrogens with one attached hydrogen (secondary N) is 3. The minimum atomic E-state index is -0.331. The van der Waals surface area contributed by atoms with Gasteiger partial charge in [-0.2, -0.15) is 0 Å². The zero-order chi connectivity index (χ0) is 32.6. The molecule has 0 unspecified atom stereocenters. The van der Waals surface area contributed by atoms with Crippen molar-refractivity contribution in [3.05, 3.63) is 88.3 Å². The first-order chi connectivity index (χ1) is 22.3. The lowest BCUT2D eigenvalue weighted by Crippen LogP contribution is -2.35. The lowest BCUT2D eigenvalue weighted by Gasteiger charge is -2.16. The van der Waals surface area contributed by atoms with E-state index in [-0.39, 0.29) is 24.5 Å². The lowest BCUT2D eigenvalue weighted by atomic mass is 10.0. The van der Waals surface area contributed by atoms with Gasteiger partial charge in [-0.05, 0) is 55.8 Å². The summed E-state index contributed by atoms with van der Waals surface area (Å²) in [6.07, 6.45) is 4.75.